The maximum atomic E-state index is 9.70. The maximum Gasteiger partial charge on any atom is 0.0555 e. The second-order valence-corrected chi connectivity index (χ2v) is 8.01. The molecule has 2 saturated carbocycles. The van der Waals surface area contributed by atoms with Gasteiger partial charge in [0.2, 0.25) is 0 Å². The Hall–Kier alpha value is -0.0800. The van der Waals surface area contributed by atoms with E-state index in [2.05, 4.69) is 26.1 Å². The summed E-state index contributed by atoms with van der Waals surface area (Å²) in [7, 11) is 0. The third-order valence-corrected chi connectivity index (χ3v) is 5.41. The summed E-state index contributed by atoms with van der Waals surface area (Å²) in [6.45, 7) is 8.34. The highest BCUT2D eigenvalue weighted by molar-refractivity contribution is 4.83. The monoisotopic (exact) mass is 267 g/mol. The lowest BCUT2D eigenvalue weighted by Crippen LogP contribution is -2.39. The minimum absolute atomic E-state index is 0.0529. The predicted molar refractivity (Wildman–Crippen MR) is 81.2 cm³/mol. The Balaban J connectivity index is 1.66. The Morgan fingerprint density at radius 2 is 1.68 bits per heavy atom. The first-order valence-corrected chi connectivity index (χ1v) is 8.36. The number of aliphatic hydroxyl groups excluding tert-OH is 1. The minimum Gasteiger partial charge on any atom is -0.393 e. The van der Waals surface area contributed by atoms with Gasteiger partial charge < -0.3 is 10.4 Å². The quantitative estimate of drug-likeness (QED) is 0.816. The molecule has 2 rings (SSSR count). The van der Waals surface area contributed by atoms with Gasteiger partial charge in [-0.1, -0.05) is 20.8 Å². The van der Waals surface area contributed by atoms with Crippen LogP contribution >= 0.6 is 0 Å². The molecule has 0 saturated heterocycles. The van der Waals surface area contributed by atoms with Crippen LogP contribution in [0.3, 0.4) is 0 Å². The molecule has 2 fully saturated rings. The number of nitrogens with one attached hydrogen (secondary N) is 1. The maximum absolute atomic E-state index is 9.70. The van der Waals surface area contributed by atoms with Crippen LogP contribution in [-0.4, -0.2) is 23.8 Å². The summed E-state index contributed by atoms with van der Waals surface area (Å²) in [6, 6.07) is 0.573. The van der Waals surface area contributed by atoms with Crippen molar-refractivity contribution in [3.8, 4) is 0 Å². The molecule has 0 amide bonds. The number of rotatable bonds is 3. The third-order valence-electron chi connectivity index (χ3n) is 5.41. The van der Waals surface area contributed by atoms with Crippen molar-refractivity contribution in [3.63, 3.8) is 0 Å². The Morgan fingerprint density at radius 3 is 2.26 bits per heavy atom. The number of hydrogen-bond acceptors (Lipinski definition) is 2. The van der Waals surface area contributed by atoms with Crippen molar-refractivity contribution < 1.29 is 5.11 Å². The topological polar surface area (TPSA) is 32.3 Å². The highest BCUT2D eigenvalue weighted by atomic mass is 16.3. The first-order chi connectivity index (χ1) is 8.95. The standard InChI is InChI=1S/C17H33NO/c1-17(2,3)14-9-7-13(8-10-14)12-18-15-5-4-6-16(19)11-15/h13-16,18-19H,4-12H2,1-3H3. The van der Waals surface area contributed by atoms with Crippen LogP contribution < -0.4 is 5.32 Å². The molecule has 0 bridgehead atoms. The molecule has 0 aromatic rings. The molecular formula is C17H33NO. The highest BCUT2D eigenvalue weighted by Gasteiger charge is 2.30. The SMILES string of the molecule is CC(C)(C)C1CCC(CNC2CCCC(O)C2)CC1. The van der Waals surface area contributed by atoms with Gasteiger partial charge in [0.15, 0.2) is 0 Å². The van der Waals surface area contributed by atoms with E-state index in [0.717, 1.165) is 24.7 Å². The minimum atomic E-state index is -0.0529. The molecule has 2 unspecified atom stereocenters. The van der Waals surface area contributed by atoms with Crippen molar-refractivity contribution in [2.75, 3.05) is 6.54 Å². The normalized spacial score (nSPS) is 37.3. The predicted octanol–water partition coefficient (Wildman–Crippen LogP) is 3.73. The lowest BCUT2D eigenvalue weighted by Gasteiger charge is -2.37. The zero-order chi connectivity index (χ0) is 13.9. The molecular weight excluding hydrogens is 234 g/mol. The van der Waals surface area contributed by atoms with Crippen molar-refractivity contribution in [2.24, 2.45) is 17.3 Å². The molecule has 19 heavy (non-hydrogen) atoms. The fourth-order valence-corrected chi connectivity index (χ4v) is 3.92. The summed E-state index contributed by atoms with van der Waals surface area (Å²) in [5, 5.41) is 13.4. The van der Waals surface area contributed by atoms with E-state index in [1.165, 1.54) is 45.1 Å². The molecule has 0 heterocycles. The van der Waals surface area contributed by atoms with E-state index >= 15 is 0 Å². The van der Waals surface area contributed by atoms with Gasteiger partial charge >= 0.3 is 0 Å². The average Bonchev–Trinajstić information content (AvgIpc) is 2.36. The molecule has 0 aromatic heterocycles. The fourth-order valence-electron chi connectivity index (χ4n) is 3.92. The van der Waals surface area contributed by atoms with Crippen LogP contribution in [0.5, 0.6) is 0 Å². The summed E-state index contributed by atoms with van der Waals surface area (Å²) in [5.41, 5.74) is 0.492. The van der Waals surface area contributed by atoms with Crippen LogP contribution in [-0.2, 0) is 0 Å². The van der Waals surface area contributed by atoms with Gasteiger partial charge in [-0.05, 0) is 75.2 Å². The van der Waals surface area contributed by atoms with Gasteiger partial charge in [-0.25, -0.2) is 0 Å². The molecule has 2 heteroatoms. The summed E-state index contributed by atoms with van der Waals surface area (Å²) in [5.74, 6) is 1.79. The van der Waals surface area contributed by atoms with Crippen molar-refractivity contribution in [1.29, 1.82) is 0 Å². The summed E-state index contributed by atoms with van der Waals surface area (Å²) in [4.78, 5) is 0. The Kier molecular flexibility index (Phi) is 5.30. The Labute approximate surface area is 119 Å². The molecule has 2 atom stereocenters. The lowest BCUT2D eigenvalue weighted by atomic mass is 9.70. The lowest BCUT2D eigenvalue weighted by molar-refractivity contribution is 0.106. The molecule has 0 aliphatic heterocycles. The largest absolute Gasteiger partial charge is 0.393 e. The van der Waals surface area contributed by atoms with Gasteiger partial charge in [-0.2, -0.15) is 0 Å². The first kappa shape index (κ1) is 15.3. The van der Waals surface area contributed by atoms with Crippen LogP contribution in [0.25, 0.3) is 0 Å². The van der Waals surface area contributed by atoms with Gasteiger partial charge in [-0.3, -0.25) is 0 Å². The van der Waals surface area contributed by atoms with E-state index in [9.17, 15) is 5.11 Å². The van der Waals surface area contributed by atoms with E-state index in [1.807, 2.05) is 0 Å². The average molecular weight is 267 g/mol. The zero-order valence-corrected chi connectivity index (χ0v) is 13.1. The van der Waals surface area contributed by atoms with E-state index in [-0.39, 0.29) is 6.10 Å². The second-order valence-electron chi connectivity index (χ2n) is 8.01. The van der Waals surface area contributed by atoms with Crippen LogP contribution in [0.2, 0.25) is 0 Å². The number of aliphatic hydroxyl groups is 1. The molecule has 2 nitrogen and oxygen atoms in total. The van der Waals surface area contributed by atoms with Crippen molar-refractivity contribution in [2.45, 2.75) is 84.3 Å². The van der Waals surface area contributed by atoms with Crippen LogP contribution in [0, 0.1) is 17.3 Å². The van der Waals surface area contributed by atoms with Crippen molar-refractivity contribution in [3.05, 3.63) is 0 Å². The zero-order valence-electron chi connectivity index (χ0n) is 13.1. The first-order valence-electron chi connectivity index (χ1n) is 8.36. The molecule has 112 valence electrons. The summed E-state index contributed by atoms with van der Waals surface area (Å²) < 4.78 is 0. The molecule has 0 aromatic carbocycles. The van der Waals surface area contributed by atoms with Gasteiger partial charge in [0.05, 0.1) is 6.10 Å². The summed E-state index contributed by atoms with van der Waals surface area (Å²) in [6.07, 6.45) is 9.97. The molecule has 2 N–H and O–H groups in total. The summed E-state index contributed by atoms with van der Waals surface area (Å²) >= 11 is 0. The molecule has 2 aliphatic carbocycles. The number of hydrogen-bond donors (Lipinski definition) is 2. The van der Waals surface area contributed by atoms with Crippen LogP contribution in [0.15, 0.2) is 0 Å². The second kappa shape index (κ2) is 6.58. The van der Waals surface area contributed by atoms with Gasteiger partial charge in [0.25, 0.3) is 0 Å². The van der Waals surface area contributed by atoms with E-state index < -0.39 is 0 Å². The van der Waals surface area contributed by atoms with Gasteiger partial charge in [-0.15, -0.1) is 0 Å². The Morgan fingerprint density at radius 1 is 1.00 bits per heavy atom. The van der Waals surface area contributed by atoms with Crippen LogP contribution in [0.1, 0.15) is 72.1 Å². The van der Waals surface area contributed by atoms with Gasteiger partial charge in [0, 0.05) is 6.04 Å². The van der Waals surface area contributed by atoms with Crippen molar-refractivity contribution >= 4 is 0 Å². The Bertz CT molecular complexity index is 263. The smallest absolute Gasteiger partial charge is 0.0555 e. The third kappa shape index (κ3) is 4.75. The molecule has 0 spiro atoms. The van der Waals surface area contributed by atoms with E-state index in [1.54, 1.807) is 0 Å². The van der Waals surface area contributed by atoms with Crippen molar-refractivity contribution in [1.82, 2.24) is 5.32 Å². The van der Waals surface area contributed by atoms with E-state index in [4.69, 9.17) is 0 Å². The van der Waals surface area contributed by atoms with E-state index in [0.29, 0.717) is 11.5 Å². The van der Waals surface area contributed by atoms with Crippen LogP contribution in [0.4, 0.5) is 0 Å². The molecule has 2 aliphatic rings. The molecule has 0 radical (unpaired) electrons. The highest BCUT2D eigenvalue weighted by Crippen LogP contribution is 2.39. The fraction of sp³-hybridized carbons (Fsp3) is 1.00. The van der Waals surface area contributed by atoms with Gasteiger partial charge in [0.1, 0.15) is 0 Å².